The normalized spacial score (nSPS) is 29.3. The van der Waals surface area contributed by atoms with Crippen molar-refractivity contribution >= 4 is 5.91 Å². The molecule has 0 radical (unpaired) electrons. The van der Waals surface area contributed by atoms with E-state index in [2.05, 4.69) is 5.32 Å². The summed E-state index contributed by atoms with van der Waals surface area (Å²) < 4.78 is 0. The van der Waals surface area contributed by atoms with Crippen LogP contribution in [0.25, 0.3) is 0 Å². The Labute approximate surface area is 115 Å². The lowest BCUT2D eigenvalue weighted by Gasteiger charge is -2.35. The van der Waals surface area contributed by atoms with Crippen LogP contribution in [0, 0.1) is 6.92 Å². The number of amides is 1. The van der Waals surface area contributed by atoms with Crippen LogP contribution in [0.1, 0.15) is 41.6 Å². The molecule has 3 heteroatoms. The number of carbonyl (C=O) groups is 1. The zero-order chi connectivity index (χ0) is 13.4. The number of piperidine rings is 1. The van der Waals surface area contributed by atoms with Gasteiger partial charge in [-0.15, -0.1) is 0 Å². The quantitative estimate of drug-likeness (QED) is 0.883. The second-order valence-electron chi connectivity index (χ2n) is 5.99. The SMILES string of the molecule is Cc1ccccc1C(=O)N(C)C1CC2CCC(C1)N2. The molecule has 3 nitrogen and oxygen atoms in total. The first-order valence-corrected chi connectivity index (χ1v) is 7.24. The van der Waals surface area contributed by atoms with Crippen molar-refractivity contribution < 1.29 is 4.79 Å². The molecule has 2 atom stereocenters. The molecule has 2 heterocycles. The van der Waals surface area contributed by atoms with Gasteiger partial charge in [-0.3, -0.25) is 4.79 Å². The second kappa shape index (κ2) is 4.97. The van der Waals surface area contributed by atoms with Gasteiger partial charge in [-0.25, -0.2) is 0 Å². The van der Waals surface area contributed by atoms with Gasteiger partial charge in [0.05, 0.1) is 0 Å². The first-order valence-electron chi connectivity index (χ1n) is 7.24. The van der Waals surface area contributed by atoms with Crippen LogP contribution in [-0.4, -0.2) is 36.0 Å². The summed E-state index contributed by atoms with van der Waals surface area (Å²) in [5, 5.41) is 3.63. The molecule has 2 unspecified atom stereocenters. The minimum Gasteiger partial charge on any atom is -0.339 e. The molecule has 2 bridgehead atoms. The summed E-state index contributed by atoms with van der Waals surface area (Å²) in [6, 6.07) is 9.51. The van der Waals surface area contributed by atoms with Gasteiger partial charge >= 0.3 is 0 Å². The van der Waals surface area contributed by atoms with E-state index in [1.54, 1.807) is 0 Å². The minimum atomic E-state index is 0.171. The summed E-state index contributed by atoms with van der Waals surface area (Å²) in [4.78, 5) is 14.6. The van der Waals surface area contributed by atoms with Crippen LogP contribution in [0.5, 0.6) is 0 Å². The molecular formula is C16H22N2O. The zero-order valence-corrected chi connectivity index (χ0v) is 11.7. The third-order valence-corrected chi connectivity index (χ3v) is 4.69. The molecule has 1 amide bonds. The maximum absolute atomic E-state index is 12.6. The van der Waals surface area contributed by atoms with E-state index in [1.165, 1.54) is 12.8 Å². The van der Waals surface area contributed by atoms with Crippen LogP contribution >= 0.6 is 0 Å². The van der Waals surface area contributed by atoms with Gasteiger partial charge in [0.15, 0.2) is 0 Å². The van der Waals surface area contributed by atoms with Crippen LogP contribution in [0.15, 0.2) is 24.3 Å². The van der Waals surface area contributed by atoms with Crippen molar-refractivity contribution in [2.24, 2.45) is 0 Å². The van der Waals surface area contributed by atoms with Crippen molar-refractivity contribution in [1.29, 1.82) is 0 Å². The lowest BCUT2D eigenvalue weighted by Crippen LogP contribution is -2.48. The van der Waals surface area contributed by atoms with Gasteiger partial charge < -0.3 is 10.2 Å². The Kier molecular flexibility index (Phi) is 3.31. The zero-order valence-electron chi connectivity index (χ0n) is 11.7. The molecule has 2 fully saturated rings. The summed E-state index contributed by atoms with van der Waals surface area (Å²) in [6.45, 7) is 2.01. The van der Waals surface area contributed by atoms with Gasteiger partial charge in [-0.2, -0.15) is 0 Å². The van der Waals surface area contributed by atoms with Crippen molar-refractivity contribution in [3.8, 4) is 0 Å². The number of benzene rings is 1. The van der Waals surface area contributed by atoms with E-state index in [-0.39, 0.29) is 5.91 Å². The van der Waals surface area contributed by atoms with E-state index in [1.807, 2.05) is 43.1 Å². The predicted octanol–water partition coefficient (Wildman–Crippen LogP) is 2.35. The van der Waals surface area contributed by atoms with Crippen LogP contribution in [0.3, 0.4) is 0 Å². The minimum absolute atomic E-state index is 0.171. The van der Waals surface area contributed by atoms with Crippen molar-refractivity contribution in [3.63, 3.8) is 0 Å². The Hall–Kier alpha value is -1.35. The maximum atomic E-state index is 12.6. The van der Waals surface area contributed by atoms with Crippen LogP contribution in [-0.2, 0) is 0 Å². The second-order valence-corrected chi connectivity index (χ2v) is 5.99. The molecule has 102 valence electrons. The van der Waals surface area contributed by atoms with Crippen molar-refractivity contribution in [2.45, 2.75) is 50.7 Å². The molecule has 1 aromatic carbocycles. The lowest BCUT2D eigenvalue weighted by atomic mass is 9.97. The van der Waals surface area contributed by atoms with Gasteiger partial charge in [-0.05, 0) is 44.2 Å². The topological polar surface area (TPSA) is 32.3 Å². The summed E-state index contributed by atoms with van der Waals surface area (Å²) >= 11 is 0. The highest BCUT2D eigenvalue weighted by atomic mass is 16.2. The third kappa shape index (κ3) is 2.39. The fourth-order valence-corrected chi connectivity index (χ4v) is 3.51. The Morgan fingerprint density at radius 2 is 1.84 bits per heavy atom. The smallest absolute Gasteiger partial charge is 0.254 e. The third-order valence-electron chi connectivity index (χ3n) is 4.69. The Balaban J connectivity index is 1.75. The molecule has 3 rings (SSSR count). The lowest BCUT2D eigenvalue weighted by molar-refractivity contribution is 0.0681. The predicted molar refractivity (Wildman–Crippen MR) is 76.2 cm³/mol. The Morgan fingerprint density at radius 3 is 2.47 bits per heavy atom. The highest BCUT2D eigenvalue weighted by Gasteiger charge is 2.36. The van der Waals surface area contributed by atoms with Crippen molar-refractivity contribution in [1.82, 2.24) is 10.2 Å². The fourth-order valence-electron chi connectivity index (χ4n) is 3.51. The maximum Gasteiger partial charge on any atom is 0.254 e. The fraction of sp³-hybridized carbons (Fsp3) is 0.562. The first-order chi connectivity index (χ1) is 9.15. The molecule has 19 heavy (non-hydrogen) atoms. The van der Waals surface area contributed by atoms with Crippen molar-refractivity contribution in [3.05, 3.63) is 35.4 Å². The standard InChI is InChI=1S/C16H22N2O/c1-11-5-3-4-6-15(11)16(19)18(2)14-9-12-7-8-13(10-14)17-12/h3-6,12-14,17H,7-10H2,1-2H3. The summed E-state index contributed by atoms with van der Waals surface area (Å²) in [7, 11) is 1.96. The van der Waals surface area contributed by atoms with Crippen LogP contribution in [0.4, 0.5) is 0 Å². The molecule has 1 N–H and O–H groups in total. The van der Waals surface area contributed by atoms with Gasteiger partial charge in [0.25, 0.3) is 5.91 Å². The number of hydrogen-bond acceptors (Lipinski definition) is 2. The molecular weight excluding hydrogens is 236 g/mol. The monoisotopic (exact) mass is 258 g/mol. The van der Waals surface area contributed by atoms with E-state index >= 15 is 0 Å². The largest absolute Gasteiger partial charge is 0.339 e. The van der Waals surface area contributed by atoms with E-state index in [0.717, 1.165) is 24.0 Å². The highest BCUT2D eigenvalue weighted by Crippen LogP contribution is 2.30. The molecule has 1 aromatic rings. The van der Waals surface area contributed by atoms with Crippen molar-refractivity contribution in [2.75, 3.05) is 7.05 Å². The number of fused-ring (bicyclic) bond motifs is 2. The molecule has 0 spiro atoms. The molecule has 0 saturated carbocycles. The van der Waals surface area contributed by atoms with E-state index in [9.17, 15) is 4.79 Å². The highest BCUT2D eigenvalue weighted by molar-refractivity contribution is 5.95. The van der Waals surface area contributed by atoms with E-state index in [0.29, 0.717) is 18.1 Å². The molecule has 2 saturated heterocycles. The Morgan fingerprint density at radius 1 is 1.21 bits per heavy atom. The van der Waals surface area contributed by atoms with Gasteiger partial charge in [0, 0.05) is 30.7 Å². The average Bonchev–Trinajstić information content (AvgIpc) is 2.76. The van der Waals surface area contributed by atoms with Gasteiger partial charge in [0.1, 0.15) is 0 Å². The molecule has 2 aliphatic rings. The van der Waals surface area contributed by atoms with E-state index < -0.39 is 0 Å². The van der Waals surface area contributed by atoms with Gasteiger partial charge in [0.2, 0.25) is 0 Å². The molecule has 0 aromatic heterocycles. The van der Waals surface area contributed by atoms with Crippen LogP contribution < -0.4 is 5.32 Å². The molecule has 0 aliphatic carbocycles. The number of nitrogens with zero attached hydrogens (tertiary/aromatic N) is 1. The number of aryl methyl sites for hydroxylation is 1. The summed E-state index contributed by atoms with van der Waals surface area (Å²) in [6.07, 6.45) is 4.75. The number of hydrogen-bond donors (Lipinski definition) is 1. The summed E-state index contributed by atoms with van der Waals surface area (Å²) in [5.41, 5.74) is 1.91. The number of carbonyl (C=O) groups excluding carboxylic acids is 1. The molecule has 2 aliphatic heterocycles. The average molecular weight is 258 g/mol. The van der Waals surface area contributed by atoms with Crippen LogP contribution in [0.2, 0.25) is 0 Å². The Bertz CT molecular complexity index is 473. The number of rotatable bonds is 2. The van der Waals surface area contributed by atoms with Gasteiger partial charge in [-0.1, -0.05) is 18.2 Å². The van der Waals surface area contributed by atoms with E-state index in [4.69, 9.17) is 0 Å². The summed E-state index contributed by atoms with van der Waals surface area (Å²) in [5.74, 6) is 0.171. The number of nitrogens with one attached hydrogen (secondary N) is 1. The first kappa shape index (κ1) is 12.7.